The summed E-state index contributed by atoms with van der Waals surface area (Å²) in [5.74, 6) is 0.337. The first-order chi connectivity index (χ1) is 7.04. The molecule has 1 aliphatic heterocycles. The van der Waals surface area contributed by atoms with E-state index in [-0.39, 0.29) is 5.91 Å². The molecule has 6 heteroatoms. The van der Waals surface area contributed by atoms with E-state index in [1.807, 2.05) is 13.8 Å². The Balaban J connectivity index is 2.49. The first-order valence-electron chi connectivity index (χ1n) is 4.44. The van der Waals surface area contributed by atoms with Crippen LogP contribution in [-0.4, -0.2) is 27.7 Å². The average molecular weight is 225 g/mol. The molecule has 1 amide bonds. The molecule has 1 aromatic heterocycles. The van der Waals surface area contributed by atoms with Crippen molar-refractivity contribution in [1.82, 2.24) is 9.97 Å². The molecular formula is C9H11N3O2S. The molecule has 1 aromatic rings. The highest BCUT2D eigenvalue weighted by Crippen LogP contribution is 2.43. The molecule has 15 heavy (non-hydrogen) atoms. The molecule has 0 unspecified atom stereocenters. The third-order valence-electron chi connectivity index (χ3n) is 2.11. The van der Waals surface area contributed by atoms with Crippen LogP contribution in [0, 0.1) is 0 Å². The number of hydrogen-bond donors (Lipinski definition) is 1. The van der Waals surface area contributed by atoms with Crippen LogP contribution in [0.4, 0.5) is 5.69 Å². The van der Waals surface area contributed by atoms with Crippen molar-refractivity contribution >= 4 is 23.4 Å². The van der Waals surface area contributed by atoms with Gasteiger partial charge in [-0.25, -0.2) is 4.98 Å². The zero-order chi connectivity index (χ0) is 11.1. The van der Waals surface area contributed by atoms with Crippen molar-refractivity contribution in [2.75, 3.05) is 12.4 Å². The summed E-state index contributed by atoms with van der Waals surface area (Å²) in [5.41, 5.74) is 0.564. The minimum atomic E-state index is -0.508. The molecule has 0 saturated carbocycles. The van der Waals surface area contributed by atoms with Crippen molar-refractivity contribution in [2.45, 2.75) is 23.6 Å². The number of aromatic nitrogens is 2. The van der Waals surface area contributed by atoms with Gasteiger partial charge in [0.1, 0.15) is 17.0 Å². The summed E-state index contributed by atoms with van der Waals surface area (Å²) >= 11 is 1.41. The Kier molecular flexibility index (Phi) is 2.30. The number of nitrogens with one attached hydrogen (secondary N) is 1. The number of hydrogen-bond acceptors (Lipinski definition) is 5. The van der Waals surface area contributed by atoms with Crippen LogP contribution in [0.25, 0.3) is 0 Å². The van der Waals surface area contributed by atoms with E-state index in [0.717, 1.165) is 5.03 Å². The lowest BCUT2D eigenvalue weighted by atomic mass is 10.2. The summed E-state index contributed by atoms with van der Waals surface area (Å²) in [5, 5.41) is 3.50. The van der Waals surface area contributed by atoms with Gasteiger partial charge in [0, 0.05) is 0 Å². The Morgan fingerprint density at radius 1 is 1.47 bits per heavy atom. The number of carbonyl (C=O) groups is 1. The Hall–Kier alpha value is -1.30. The van der Waals surface area contributed by atoms with Crippen molar-refractivity contribution < 1.29 is 9.53 Å². The lowest BCUT2D eigenvalue weighted by Gasteiger charge is -2.28. The summed E-state index contributed by atoms with van der Waals surface area (Å²) < 4.78 is 4.54. The highest BCUT2D eigenvalue weighted by atomic mass is 32.2. The van der Waals surface area contributed by atoms with Gasteiger partial charge in [-0.05, 0) is 13.8 Å². The number of thioether (sulfide) groups is 1. The van der Waals surface area contributed by atoms with Crippen LogP contribution >= 0.6 is 11.8 Å². The molecular weight excluding hydrogens is 214 g/mol. The van der Waals surface area contributed by atoms with E-state index in [2.05, 4.69) is 15.3 Å². The van der Waals surface area contributed by atoms with Crippen LogP contribution in [0.1, 0.15) is 13.8 Å². The number of nitrogens with zero attached hydrogens (tertiary/aromatic N) is 2. The largest absolute Gasteiger partial charge is 0.479 e. The van der Waals surface area contributed by atoms with Gasteiger partial charge >= 0.3 is 0 Å². The molecule has 0 fully saturated rings. The van der Waals surface area contributed by atoms with Crippen molar-refractivity contribution in [3.05, 3.63) is 6.33 Å². The highest BCUT2D eigenvalue weighted by molar-refractivity contribution is 8.01. The quantitative estimate of drug-likeness (QED) is 0.730. The fourth-order valence-corrected chi connectivity index (χ4v) is 2.21. The van der Waals surface area contributed by atoms with E-state index in [1.165, 1.54) is 25.2 Å². The van der Waals surface area contributed by atoms with Crippen LogP contribution in [0.15, 0.2) is 11.4 Å². The standard InChI is InChI=1S/C9H11N3O2S/c1-9(2)8(13)12-5-6(14-3)10-4-11-7(5)15-9/h4H,1-3H3,(H,12,13). The Morgan fingerprint density at radius 3 is 2.87 bits per heavy atom. The number of rotatable bonds is 1. The molecule has 5 nitrogen and oxygen atoms in total. The van der Waals surface area contributed by atoms with E-state index in [9.17, 15) is 4.79 Å². The molecule has 2 rings (SSSR count). The Morgan fingerprint density at radius 2 is 2.20 bits per heavy atom. The fourth-order valence-electron chi connectivity index (χ4n) is 1.25. The number of amides is 1. The minimum absolute atomic E-state index is 0.0619. The molecule has 1 aliphatic rings. The van der Waals surface area contributed by atoms with Crippen molar-refractivity contribution in [3.63, 3.8) is 0 Å². The maximum absolute atomic E-state index is 11.7. The maximum Gasteiger partial charge on any atom is 0.241 e. The van der Waals surface area contributed by atoms with Crippen LogP contribution in [-0.2, 0) is 4.79 Å². The molecule has 0 spiro atoms. The van der Waals surface area contributed by atoms with E-state index in [4.69, 9.17) is 4.74 Å². The van der Waals surface area contributed by atoms with Crippen LogP contribution in [0.2, 0.25) is 0 Å². The highest BCUT2D eigenvalue weighted by Gasteiger charge is 2.36. The van der Waals surface area contributed by atoms with Gasteiger partial charge in [-0.3, -0.25) is 4.79 Å². The Bertz CT molecular complexity index is 420. The zero-order valence-corrected chi connectivity index (χ0v) is 9.51. The van der Waals surface area contributed by atoms with Gasteiger partial charge in [0.25, 0.3) is 0 Å². The fraction of sp³-hybridized carbons (Fsp3) is 0.444. The second-order valence-corrected chi connectivity index (χ2v) is 5.24. The SMILES string of the molecule is COc1ncnc2c1NC(=O)C(C)(C)S2. The second kappa shape index (κ2) is 3.37. The normalized spacial score (nSPS) is 17.9. The van der Waals surface area contributed by atoms with Gasteiger partial charge in [0.15, 0.2) is 0 Å². The van der Waals surface area contributed by atoms with Crippen LogP contribution in [0.3, 0.4) is 0 Å². The molecule has 0 atom stereocenters. The van der Waals surface area contributed by atoms with Gasteiger partial charge in [-0.2, -0.15) is 4.98 Å². The molecule has 0 saturated heterocycles. The molecule has 1 N–H and O–H groups in total. The first-order valence-corrected chi connectivity index (χ1v) is 5.25. The van der Waals surface area contributed by atoms with Gasteiger partial charge < -0.3 is 10.1 Å². The van der Waals surface area contributed by atoms with Crippen LogP contribution < -0.4 is 10.1 Å². The smallest absolute Gasteiger partial charge is 0.241 e. The number of fused-ring (bicyclic) bond motifs is 1. The van der Waals surface area contributed by atoms with Crippen molar-refractivity contribution in [3.8, 4) is 5.88 Å². The minimum Gasteiger partial charge on any atom is -0.479 e. The van der Waals surface area contributed by atoms with Crippen molar-refractivity contribution in [1.29, 1.82) is 0 Å². The average Bonchev–Trinajstić information content (AvgIpc) is 2.18. The summed E-state index contributed by atoms with van der Waals surface area (Å²) in [6.07, 6.45) is 1.43. The predicted molar refractivity (Wildman–Crippen MR) is 57.1 cm³/mol. The van der Waals surface area contributed by atoms with Crippen molar-refractivity contribution in [2.24, 2.45) is 0 Å². The zero-order valence-electron chi connectivity index (χ0n) is 8.70. The number of ether oxygens (including phenoxy) is 1. The van der Waals surface area contributed by atoms with E-state index in [1.54, 1.807) is 0 Å². The topological polar surface area (TPSA) is 64.1 Å². The first kappa shape index (κ1) is 10.2. The van der Waals surface area contributed by atoms with Gasteiger partial charge in [-0.15, -0.1) is 0 Å². The number of carbonyl (C=O) groups excluding carboxylic acids is 1. The summed E-state index contributed by atoms with van der Waals surface area (Å²) in [4.78, 5) is 19.8. The van der Waals surface area contributed by atoms with E-state index in [0.29, 0.717) is 11.6 Å². The predicted octanol–water partition coefficient (Wildman–Crippen LogP) is 1.31. The summed E-state index contributed by atoms with van der Waals surface area (Å²) in [6, 6.07) is 0. The van der Waals surface area contributed by atoms with Gasteiger partial charge in [0.2, 0.25) is 11.8 Å². The molecule has 2 heterocycles. The molecule has 0 bridgehead atoms. The summed E-state index contributed by atoms with van der Waals surface area (Å²) in [7, 11) is 1.51. The maximum atomic E-state index is 11.7. The van der Waals surface area contributed by atoms with E-state index >= 15 is 0 Å². The molecule has 0 radical (unpaired) electrons. The second-order valence-electron chi connectivity index (χ2n) is 3.63. The molecule has 0 aliphatic carbocycles. The lowest BCUT2D eigenvalue weighted by molar-refractivity contribution is -0.117. The lowest BCUT2D eigenvalue weighted by Crippen LogP contribution is -2.37. The number of methoxy groups -OCH3 is 1. The third-order valence-corrected chi connectivity index (χ3v) is 3.31. The molecule has 0 aromatic carbocycles. The monoisotopic (exact) mass is 225 g/mol. The van der Waals surface area contributed by atoms with E-state index < -0.39 is 4.75 Å². The number of anilines is 1. The summed E-state index contributed by atoms with van der Waals surface area (Å²) in [6.45, 7) is 3.70. The van der Waals surface area contributed by atoms with Gasteiger partial charge in [-0.1, -0.05) is 11.8 Å². The Labute approximate surface area is 91.6 Å². The van der Waals surface area contributed by atoms with Crippen LogP contribution in [0.5, 0.6) is 5.88 Å². The third kappa shape index (κ3) is 1.65. The molecule has 80 valence electrons. The van der Waals surface area contributed by atoms with Gasteiger partial charge in [0.05, 0.1) is 11.9 Å².